The molecule has 7 nitrogen and oxygen atoms in total. The first-order valence-electron chi connectivity index (χ1n) is 8.18. The first kappa shape index (κ1) is 20.3. The molecule has 0 aliphatic carbocycles. The van der Waals surface area contributed by atoms with Gasteiger partial charge >= 0.3 is 0 Å². The highest BCUT2D eigenvalue weighted by Gasteiger charge is 2.16. The minimum Gasteiger partial charge on any atom is -0.496 e. The molecular formula is C17H17BrF2N6OS. The molecule has 0 unspecified atom stereocenters. The number of aromatic nitrogens is 5. The van der Waals surface area contributed by atoms with Crippen molar-refractivity contribution in [1.82, 2.24) is 24.7 Å². The van der Waals surface area contributed by atoms with Crippen molar-refractivity contribution in [3.63, 3.8) is 0 Å². The van der Waals surface area contributed by atoms with Gasteiger partial charge in [-0.25, -0.2) is 13.9 Å². The SMILES string of the molecule is COc1ccc(C=Nn2c(C(F)F)n[nH]c2=S)cc1Cn1nc(C)c(Br)c1C. The van der Waals surface area contributed by atoms with Crippen molar-refractivity contribution < 1.29 is 13.5 Å². The normalized spacial score (nSPS) is 11.7. The van der Waals surface area contributed by atoms with Crippen molar-refractivity contribution >= 4 is 34.4 Å². The number of nitrogens with zero attached hydrogens (tertiary/aromatic N) is 5. The van der Waals surface area contributed by atoms with Crippen LogP contribution in [0.2, 0.25) is 0 Å². The number of hydrogen-bond acceptors (Lipinski definition) is 5. The molecule has 1 N–H and O–H groups in total. The third kappa shape index (κ3) is 4.04. The summed E-state index contributed by atoms with van der Waals surface area (Å²) in [6, 6.07) is 5.42. The molecule has 0 spiro atoms. The Morgan fingerprint density at radius 3 is 2.75 bits per heavy atom. The number of benzene rings is 1. The summed E-state index contributed by atoms with van der Waals surface area (Å²) < 4.78 is 35.1. The van der Waals surface area contributed by atoms with E-state index < -0.39 is 12.2 Å². The fourth-order valence-corrected chi connectivity index (χ4v) is 3.14. The number of methoxy groups -OCH3 is 1. The topological polar surface area (TPSA) is 73.0 Å². The molecule has 0 amide bonds. The van der Waals surface area contributed by atoms with E-state index in [2.05, 4.69) is 36.3 Å². The predicted molar refractivity (Wildman–Crippen MR) is 107 cm³/mol. The Bertz CT molecular complexity index is 1090. The summed E-state index contributed by atoms with van der Waals surface area (Å²) in [6.45, 7) is 4.37. The summed E-state index contributed by atoms with van der Waals surface area (Å²) in [5.74, 6) is 0.150. The van der Waals surface area contributed by atoms with E-state index in [-0.39, 0.29) is 4.77 Å². The van der Waals surface area contributed by atoms with Crippen LogP contribution in [-0.2, 0) is 6.54 Å². The van der Waals surface area contributed by atoms with Gasteiger partial charge in [-0.3, -0.25) is 4.68 Å². The number of aryl methyl sites for hydroxylation is 1. The second-order valence-electron chi connectivity index (χ2n) is 5.96. The zero-order valence-corrected chi connectivity index (χ0v) is 17.7. The van der Waals surface area contributed by atoms with Crippen LogP contribution in [0.25, 0.3) is 0 Å². The second-order valence-corrected chi connectivity index (χ2v) is 7.14. The molecule has 0 aliphatic heterocycles. The van der Waals surface area contributed by atoms with E-state index in [9.17, 15) is 8.78 Å². The second kappa shape index (κ2) is 8.31. The molecule has 0 saturated carbocycles. The summed E-state index contributed by atoms with van der Waals surface area (Å²) in [6.07, 6.45) is -1.35. The lowest BCUT2D eigenvalue weighted by Gasteiger charge is -2.11. The highest BCUT2D eigenvalue weighted by molar-refractivity contribution is 9.10. The van der Waals surface area contributed by atoms with E-state index in [1.165, 1.54) is 6.21 Å². The number of ether oxygens (including phenoxy) is 1. The van der Waals surface area contributed by atoms with Crippen molar-refractivity contribution in [2.75, 3.05) is 7.11 Å². The average molecular weight is 471 g/mol. The molecule has 2 heterocycles. The number of nitrogens with one attached hydrogen (secondary N) is 1. The lowest BCUT2D eigenvalue weighted by molar-refractivity contribution is 0.136. The number of aromatic amines is 1. The van der Waals surface area contributed by atoms with Crippen molar-refractivity contribution in [2.24, 2.45) is 5.10 Å². The van der Waals surface area contributed by atoms with Crippen LogP contribution < -0.4 is 4.74 Å². The maximum absolute atomic E-state index is 13.0. The Labute approximate surface area is 173 Å². The van der Waals surface area contributed by atoms with Crippen LogP contribution in [0, 0.1) is 18.6 Å². The maximum Gasteiger partial charge on any atom is 0.299 e. The van der Waals surface area contributed by atoms with Crippen LogP contribution in [0.15, 0.2) is 27.8 Å². The molecule has 2 aromatic heterocycles. The van der Waals surface area contributed by atoms with Crippen molar-refractivity contribution in [3.8, 4) is 5.75 Å². The van der Waals surface area contributed by atoms with Crippen LogP contribution in [0.5, 0.6) is 5.75 Å². The van der Waals surface area contributed by atoms with Gasteiger partial charge in [0, 0.05) is 5.56 Å². The summed E-state index contributed by atoms with van der Waals surface area (Å²) in [7, 11) is 1.59. The molecule has 0 radical (unpaired) electrons. The maximum atomic E-state index is 13.0. The quantitative estimate of drug-likeness (QED) is 0.428. The Kier molecular flexibility index (Phi) is 6.04. The Morgan fingerprint density at radius 2 is 2.14 bits per heavy atom. The summed E-state index contributed by atoms with van der Waals surface area (Å²) >= 11 is 8.47. The molecule has 148 valence electrons. The summed E-state index contributed by atoms with van der Waals surface area (Å²) in [5.41, 5.74) is 3.45. The molecule has 3 rings (SSSR count). The average Bonchev–Trinajstić information content (AvgIpc) is 3.15. The molecular weight excluding hydrogens is 454 g/mol. The Balaban J connectivity index is 1.94. The summed E-state index contributed by atoms with van der Waals surface area (Å²) in [4.78, 5) is 0. The van der Waals surface area contributed by atoms with Gasteiger partial charge in [-0.05, 0) is 65.8 Å². The highest BCUT2D eigenvalue weighted by Crippen LogP contribution is 2.25. The number of rotatable bonds is 6. The van der Waals surface area contributed by atoms with Crippen LogP contribution in [0.3, 0.4) is 0 Å². The lowest BCUT2D eigenvalue weighted by Crippen LogP contribution is -2.06. The van der Waals surface area contributed by atoms with E-state index in [0.717, 1.165) is 26.1 Å². The first-order valence-corrected chi connectivity index (χ1v) is 9.38. The van der Waals surface area contributed by atoms with Crippen molar-refractivity contribution in [1.29, 1.82) is 0 Å². The molecule has 28 heavy (non-hydrogen) atoms. The van der Waals surface area contributed by atoms with E-state index >= 15 is 0 Å². The molecule has 3 aromatic rings. The standard InChI is InChI=1S/C17H17BrF2N6OS/c1-9-14(18)10(2)25(24-9)8-12-6-11(4-5-13(12)27-3)7-21-26-16(15(19)20)22-23-17(26)28/h4-7,15H,8H2,1-3H3,(H,23,28). The van der Waals surface area contributed by atoms with Crippen LogP contribution in [0.1, 0.15) is 34.8 Å². The van der Waals surface area contributed by atoms with E-state index in [1.807, 2.05) is 24.6 Å². The largest absolute Gasteiger partial charge is 0.496 e. The van der Waals surface area contributed by atoms with Gasteiger partial charge in [0.2, 0.25) is 10.6 Å². The van der Waals surface area contributed by atoms with Gasteiger partial charge in [0.25, 0.3) is 6.43 Å². The van der Waals surface area contributed by atoms with Gasteiger partial charge in [0.15, 0.2) is 0 Å². The molecule has 0 fully saturated rings. The number of halogens is 3. The van der Waals surface area contributed by atoms with E-state index in [4.69, 9.17) is 17.0 Å². The zero-order chi connectivity index (χ0) is 20.4. The number of hydrogen-bond donors (Lipinski definition) is 1. The van der Waals surface area contributed by atoms with Crippen LogP contribution >= 0.6 is 28.1 Å². The molecule has 0 bridgehead atoms. The van der Waals surface area contributed by atoms with E-state index in [0.29, 0.717) is 17.9 Å². The monoisotopic (exact) mass is 470 g/mol. The lowest BCUT2D eigenvalue weighted by atomic mass is 10.1. The molecule has 0 aliphatic rings. The van der Waals surface area contributed by atoms with Crippen molar-refractivity contribution in [3.05, 3.63) is 55.8 Å². The third-order valence-corrected chi connectivity index (χ3v) is 5.52. The van der Waals surface area contributed by atoms with Gasteiger partial charge in [0.05, 0.1) is 35.7 Å². The van der Waals surface area contributed by atoms with Crippen LogP contribution in [-0.4, -0.2) is 38.0 Å². The molecule has 1 aromatic carbocycles. The van der Waals surface area contributed by atoms with Crippen LogP contribution in [0.4, 0.5) is 8.78 Å². The van der Waals surface area contributed by atoms with Gasteiger partial charge < -0.3 is 4.74 Å². The molecule has 11 heteroatoms. The minimum atomic E-state index is -2.79. The third-order valence-electron chi connectivity index (χ3n) is 4.11. The molecule has 0 atom stereocenters. The number of H-pyrrole nitrogens is 1. The van der Waals surface area contributed by atoms with Gasteiger partial charge in [-0.2, -0.15) is 20.0 Å². The minimum absolute atomic E-state index is 0.00669. The first-order chi connectivity index (χ1) is 13.3. The van der Waals surface area contributed by atoms with Gasteiger partial charge in [-0.1, -0.05) is 0 Å². The van der Waals surface area contributed by atoms with Gasteiger partial charge in [-0.15, -0.1) is 0 Å². The highest BCUT2D eigenvalue weighted by atomic mass is 79.9. The summed E-state index contributed by atoms with van der Waals surface area (Å²) in [5, 5.41) is 14.4. The number of alkyl halides is 2. The molecule has 0 saturated heterocycles. The Hall–Kier alpha value is -2.40. The fourth-order valence-electron chi connectivity index (χ4n) is 2.67. The Morgan fingerprint density at radius 1 is 1.39 bits per heavy atom. The smallest absolute Gasteiger partial charge is 0.299 e. The predicted octanol–water partition coefficient (Wildman–Crippen LogP) is 4.39. The fraction of sp³-hybridized carbons (Fsp3) is 0.294. The van der Waals surface area contributed by atoms with Crippen molar-refractivity contribution in [2.45, 2.75) is 26.8 Å². The zero-order valence-electron chi connectivity index (χ0n) is 15.3. The van der Waals surface area contributed by atoms with Gasteiger partial charge in [0.1, 0.15) is 5.75 Å². The van der Waals surface area contributed by atoms with E-state index in [1.54, 1.807) is 19.2 Å².